The van der Waals surface area contributed by atoms with Crippen molar-refractivity contribution < 1.29 is 18.6 Å². The van der Waals surface area contributed by atoms with Crippen LogP contribution in [0.3, 0.4) is 0 Å². The van der Waals surface area contributed by atoms with E-state index in [1.165, 1.54) is 31.4 Å². The molecule has 9 heteroatoms. The summed E-state index contributed by atoms with van der Waals surface area (Å²) in [4.78, 5) is 6.92. The molecule has 1 heterocycles. The molecule has 2 unspecified atom stereocenters. The lowest BCUT2D eigenvalue weighted by atomic mass is 10.0. The second-order valence-electron chi connectivity index (χ2n) is 6.99. The monoisotopic (exact) mass is 526 g/mol. The third-order valence-corrected chi connectivity index (χ3v) is 4.89. The molecule has 0 saturated carbocycles. The molecule has 166 valence electrons. The quantitative estimate of drug-likeness (QED) is 0.262. The third-order valence-electron chi connectivity index (χ3n) is 4.89. The van der Waals surface area contributed by atoms with Gasteiger partial charge in [-0.3, -0.25) is 9.89 Å². The Morgan fingerprint density at radius 1 is 1.28 bits per heavy atom. The van der Waals surface area contributed by atoms with Gasteiger partial charge in [0.05, 0.1) is 12.6 Å². The Labute approximate surface area is 189 Å². The van der Waals surface area contributed by atoms with Gasteiger partial charge in [0.25, 0.3) is 0 Å². The average Bonchev–Trinajstić information content (AvgIpc) is 2.67. The number of aliphatic imine (C=N–C) groups is 1. The standard InChI is InChI=1S/C20H32F2N4O2.HI/c1-3-23-20(24-11-13-26-12-5-4-6-15(26)2)25-14-18(27)16-7-9-17(10-8-16)28-19(21)22;/h7-10,15,18-19,27H,3-6,11-14H2,1-2H3,(H2,23,24,25);1H. The Kier molecular flexibility index (Phi) is 12.4. The van der Waals surface area contributed by atoms with Crippen molar-refractivity contribution in [2.24, 2.45) is 4.99 Å². The van der Waals surface area contributed by atoms with E-state index < -0.39 is 12.7 Å². The van der Waals surface area contributed by atoms with Crippen LogP contribution in [0.4, 0.5) is 8.78 Å². The van der Waals surface area contributed by atoms with Gasteiger partial charge in [-0.2, -0.15) is 8.78 Å². The highest BCUT2D eigenvalue weighted by Crippen LogP contribution is 2.19. The van der Waals surface area contributed by atoms with Crippen molar-refractivity contribution >= 4 is 29.9 Å². The summed E-state index contributed by atoms with van der Waals surface area (Å²) < 4.78 is 28.7. The van der Waals surface area contributed by atoms with Crippen molar-refractivity contribution in [2.45, 2.75) is 51.9 Å². The van der Waals surface area contributed by atoms with Gasteiger partial charge in [0, 0.05) is 25.7 Å². The fraction of sp³-hybridized carbons (Fsp3) is 0.650. The van der Waals surface area contributed by atoms with Crippen molar-refractivity contribution in [3.8, 4) is 5.75 Å². The van der Waals surface area contributed by atoms with Crippen molar-refractivity contribution in [2.75, 3.05) is 32.7 Å². The minimum Gasteiger partial charge on any atom is -0.435 e. The van der Waals surface area contributed by atoms with Crippen LogP contribution in [0.2, 0.25) is 0 Å². The van der Waals surface area contributed by atoms with Crippen molar-refractivity contribution in [3.63, 3.8) is 0 Å². The number of aliphatic hydroxyl groups excluding tert-OH is 1. The lowest BCUT2D eigenvalue weighted by Gasteiger charge is -2.33. The molecule has 1 aromatic carbocycles. The summed E-state index contributed by atoms with van der Waals surface area (Å²) in [5, 5.41) is 16.8. The van der Waals surface area contributed by atoms with E-state index >= 15 is 0 Å². The van der Waals surface area contributed by atoms with Gasteiger partial charge < -0.3 is 20.5 Å². The van der Waals surface area contributed by atoms with Gasteiger partial charge in [0.15, 0.2) is 5.96 Å². The fourth-order valence-corrected chi connectivity index (χ4v) is 3.30. The van der Waals surface area contributed by atoms with Crippen LogP contribution < -0.4 is 15.4 Å². The molecule has 2 rings (SSSR count). The lowest BCUT2D eigenvalue weighted by molar-refractivity contribution is -0.0498. The minimum atomic E-state index is -2.86. The van der Waals surface area contributed by atoms with Crippen LogP contribution in [0.5, 0.6) is 5.75 Å². The number of rotatable bonds is 9. The van der Waals surface area contributed by atoms with Crippen LogP contribution in [-0.4, -0.2) is 61.3 Å². The summed E-state index contributed by atoms with van der Waals surface area (Å²) in [6.45, 7) is 5.18. The van der Waals surface area contributed by atoms with E-state index in [-0.39, 0.29) is 36.3 Å². The second kappa shape index (κ2) is 13.9. The molecule has 1 saturated heterocycles. The van der Waals surface area contributed by atoms with Gasteiger partial charge in [-0.15, -0.1) is 24.0 Å². The van der Waals surface area contributed by atoms with Crippen LogP contribution in [0.1, 0.15) is 44.8 Å². The van der Waals surface area contributed by atoms with Crippen LogP contribution in [0.25, 0.3) is 0 Å². The molecule has 2 atom stereocenters. The first-order valence-corrected chi connectivity index (χ1v) is 9.98. The highest BCUT2D eigenvalue weighted by molar-refractivity contribution is 14.0. The van der Waals surface area contributed by atoms with E-state index in [4.69, 9.17) is 0 Å². The van der Waals surface area contributed by atoms with Crippen molar-refractivity contribution in [1.29, 1.82) is 0 Å². The van der Waals surface area contributed by atoms with E-state index in [2.05, 4.69) is 32.2 Å². The summed E-state index contributed by atoms with van der Waals surface area (Å²) in [5.41, 5.74) is 0.600. The van der Waals surface area contributed by atoms with Gasteiger partial charge in [-0.25, -0.2) is 0 Å². The maximum atomic E-state index is 12.2. The van der Waals surface area contributed by atoms with E-state index in [0.29, 0.717) is 17.6 Å². The van der Waals surface area contributed by atoms with Crippen molar-refractivity contribution in [1.82, 2.24) is 15.5 Å². The van der Waals surface area contributed by atoms with E-state index in [9.17, 15) is 13.9 Å². The summed E-state index contributed by atoms with van der Waals surface area (Å²) in [6.07, 6.45) is 2.99. The molecule has 1 aliphatic rings. The number of hydrogen-bond donors (Lipinski definition) is 3. The number of nitrogens with zero attached hydrogens (tertiary/aromatic N) is 2. The summed E-state index contributed by atoms with van der Waals surface area (Å²) >= 11 is 0. The molecule has 29 heavy (non-hydrogen) atoms. The van der Waals surface area contributed by atoms with E-state index in [1.807, 2.05) is 6.92 Å². The SMILES string of the molecule is CCNC(=NCC(O)c1ccc(OC(F)F)cc1)NCCN1CCCCC1C.I. The highest BCUT2D eigenvalue weighted by Gasteiger charge is 2.17. The number of hydrogen-bond acceptors (Lipinski definition) is 4. The van der Waals surface area contributed by atoms with Gasteiger partial charge in [-0.1, -0.05) is 18.6 Å². The molecule has 3 N–H and O–H groups in total. The zero-order valence-corrected chi connectivity index (χ0v) is 19.4. The van der Waals surface area contributed by atoms with Crippen LogP contribution >= 0.6 is 24.0 Å². The number of piperidine rings is 1. The zero-order chi connectivity index (χ0) is 20.4. The van der Waals surface area contributed by atoms with E-state index in [0.717, 1.165) is 26.2 Å². The largest absolute Gasteiger partial charge is 0.435 e. The maximum Gasteiger partial charge on any atom is 0.387 e. The number of ether oxygens (including phenoxy) is 1. The van der Waals surface area contributed by atoms with Crippen LogP contribution in [0.15, 0.2) is 29.3 Å². The number of alkyl halides is 2. The minimum absolute atomic E-state index is 0. The van der Waals surface area contributed by atoms with E-state index in [1.54, 1.807) is 12.1 Å². The number of likely N-dealkylation sites (tertiary alicyclic amines) is 1. The molecular weight excluding hydrogens is 493 g/mol. The Morgan fingerprint density at radius 2 is 2.00 bits per heavy atom. The molecular formula is C20H33F2IN4O2. The molecule has 1 aliphatic heterocycles. The number of nitrogens with one attached hydrogen (secondary N) is 2. The predicted octanol–water partition coefficient (Wildman–Crippen LogP) is 3.37. The highest BCUT2D eigenvalue weighted by atomic mass is 127. The molecule has 0 aromatic heterocycles. The van der Waals surface area contributed by atoms with Gasteiger partial charge in [0.1, 0.15) is 5.75 Å². The lowest BCUT2D eigenvalue weighted by Crippen LogP contribution is -2.45. The number of aliphatic hydroxyl groups is 1. The Bertz CT molecular complexity index is 605. The van der Waals surface area contributed by atoms with Gasteiger partial charge >= 0.3 is 6.61 Å². The molecule has 0 bridgehead atoms. The van der Waals surface area contributed by atoms with Gasteiger partial charge in [0.2, 0.25) is 0 Å². The number of guanidine groups is 1. The summed E-state index contributed by atoms with van der Waals surface area (Å²) in [7, 11) is 0. The molecule has 0 amide bonds. The van der Waals surface area contributed by atoms with Crippen LogP contribution in [-0.2, 0) is 0 Å². The average molecular weight is 526 g/mol. The first-order valence-electron chi connectivity index (χ1n) is 9.98. The fourth-order valence-electron chi connectivity index (χ4n) is 3.30. The summed E-state index contributed by atoms with van der Waals surface area (Å²) in [6, 6.07) is 6.58. The molecule has 0 radical (unpaired) electrons. The molecule has 1 aromatic rings. The smallest absolute Gasteiger partial charge is 0.387 e. The topological polar surface area (TPSA) is 69.1 Å². The van der Waals surface area contributed by atoms with Crippen LogP contribution in [0, 0.1) is 0 Å². The Morgan fingerprint density at radius 3 is 2.62 bits per heavy atom. The second-order valence-corrected chi connectivity index (χ2v) is 6.99. The third kappa shape index (κ3) is 9.43. The predicted molar refractivity (Wildman–Crippen MR) is 122 cm³/mol. The molecule has 0 aliphatic carbocycles. The number of halogens is 3. The zero-order valence-electron chi connectivity index (χ0n) is 17.1. The molecule has 0 spiro atoms. The Balaban J connectivity index is 0.00000420. The Hall–Kier alpha value is -1.20. The first-order chi connectivity index (χ1) is 13.5. The first kappa shape index (κ1) is 25.8. The van der Waals surface area contributed by atoms with Gasteiger partial charge in [-0.05, 0) is 50.9 Å². The number of benzene rings is 1. The maximum absolute atomic E-state index is 12.2. The van der Waals surface area contributed by atoms with Crippen molar-refractivity contribution in [3.05, 3.63) is 29.8 Å². The normalized spacial score (nSPS) is 18.8. The molecule has 6 nitrogen and oxygen atoms in total. The summed E-state index contributed by atoms with van der Waals surface area (Å²) in [5.74, 6) is 0.722. The molecule has 1 fully saturated rings.